The van der Waals surface area contributed by atoms with E-state index in [1.165, 1.54) is 6.42 Å². The Labute approximate surface area is 134 Å². The van der Waals surface area contributed by atoms with E-state index >= 15 is 0 Å². The summed E-state index contributed by atoms with van der Waals surface area (Å²) in [6.07, 6.45) is 5.46. The summed E-state index contributed by atoms with van der Waals surface area (Å²) in [7, 11) is 0. The fraction of sp³-hybridized carbons (Fsp3) is 0.467. The second-order valence-electron chi connectivity index (χ2n) is 5.03. The summed E-state index contributed by atoms with van der Waals surface area (Å²) < 4.78 is 5.55. The SMILES string of the molecule is CSC1CCCC1NC(=O)COc1ccccc1C(N)=S. The van der Waals surface area contributed by atoms with Crippen molar-refractivity contribution in [2.45, 2.75) is 30.6 Å². The van der Waals surface area contributed by atoms with Crippen LogP contribution in [0, 0.1) is 0 Å². The van der Waals surface area contributed by atoms with Gasteiger partial charge in [-0.1, -0.05) is 30.8 Å². The summed E-state index contributed by atoms with van der Waals surface area (Å²) in [5.74, 6) is 0.451. The van der Waals surface area contributed by atoms with Crippen molar-refractivity contribution in [3.63, 3.8) is 0 Å². The van der Waals surface area contributed by atoms with Crippen LogP contribution in [-0.4, -0.2) is 35.1 Å². The van der Waals surface area contributed by atoms with Gasteiger partial charge in [-0.25, -0.2) is 0 Å². The predicted molar refractivity (Wildman–Crippen MR) is 90.9 cm³/mol. The molecule has 1 aliphatic carbocycles. The quantitative estimate of drug-likeness (QED) is 0.785. The molecule has 1 aromatic carbocycles. The number of thioether (sulfide) groups is 1. The van der Waals surface area contributed by atoms with Gasteiger partial charge in [0.25, 0.3) is 5.91 Å². The summed E-state index contributed by atoms with van der Waals surface area (Å²) in [6, 6.07) is 7.47. The highest BCUT2D eigenvalue weighted by Crippen LogP contribution is 2.28. The molecule has 0 aromatic heterocycles. The molecule has 1 amide bonds. The zero-order chi connectivity index (χ0) is 15.2. The van der Waals surface area contributed by atoms with Crippen molar-refractivity contribution in [3.05, 3.63) is 29.8 Å². The number of thiocarbonyl (C=S) groups is 1. The first-order valence-corrected chi connectivity index (χ1v) is 8.65. The number of nitrogens with one attached hydrogen (secondary N) is 1. The molecule has 0 heterocycles. The lowest BCUT2D eigenvalue weighted by molar-refractivity contribution is -0.123. The molecule has 2 rings (SSSR count). The van der Waals surface area contributed by atoms with Crippen molar-refractivity contribution in [2.24, 2.45) is 5.73 Å². The Balaban J connectivity index is 1.88. The van der Waals surface area contributed by atoms with E-state index in [1.54, 1.807) is 12.1 Å². The highest BCUT2D eigenvalue weighted by molar-refractivity contribution is 7.99. The molecular weight excluding hydrogens is 304 g/mol. The van der Waals surface area contributed by atoms with E-state index in [2.05, 4.69) is 11.6 Å². The van der Waals surface area contributed by atoms with Gasteiger partial charge in [0.1, 0.15) is 10.7 Å². The van der Waals surface area contributed by atoms with Crippen LogP contribution in [0.2, 0.25) is 0 Å². The van der Waals surface area contributed by atoms with Crippen LogP contribution in [0.5, 0.6) is 5.75 Å². The Kier molecular flexibility index (Phi) is 5.87. The maximum atomic E-state index is 12.0. The van der Waals surface area contributed by atoms with Gasteiger partial charge >= 0.3 is 0 Å². The number of hydrogen-bond donors (Lipinski definition) is 2. The van der Waals surface area contributed by atoms with E-state index < -0.39 is 0 Å². The van der Waals surface area contributed by atoms with Crippen molar-refractivity contribution in [1.82, 2.24) is 5.32 Å². The van der Waals surface area contributed by atoms with E-state index in [0.29, 0.717) is 16.6 Å². The van der Waals surface area contributed by atoms with Crippen LogP contribution in [0.1, 0.15) is 24.8 Å². The summed E-state index contributed by atoms with van der Waals surface area (Å²) in [5, 5.41) is 3.56. The average molecular weight is 324 g/mol. The Morgan fingerprint density at radius 1 is 1.48 bits per heavy atom. The number of hydrogen-bond acceptors (Lipinski definition) is 4. The number of rotatable bonds is 6. The molecule has 0 spiro atoms. The van der Waals surface area contributed by atoms with Gasteiger partial charge in [0.05, 0.1) is 5.56 Å². The van der Waals surface area contributed by atoms with Gasteiger partial charge in [-0.3, -0.25) is 4.79 Å². The number of ether oxygens (including phenoxy) is 1. The van der Waals surface area contributed by atoms with Crippen molar-refractivity contribution < 1.29 is 9.53 Å². The molecule has 6 heteroatoms. The Morgan fingerprint density at radius 3 is 2.95 bits per heavy atom. The topological polar surface area (TPSA) is 64.3 Å². The standard InChI is InChI=1S/C15H20N2O2S2/c1-21-13-8-4-6-11(13)17-14(18)9-19-12-7-3-2-5-10(12)15(16)20/h2-3,5,7,11,13H,4,6,8-9H2,1H3,(H2,16,20)(H,17,18). The smallest absolute Gasteiger partial charge is 0.258 e. The molecule has 4 nitrogen and oxygen atoms in total. The molecule has 0 radical (unpaired) electrons. The maximum Gasteiger partial charge on any atom is 0.258 e. The second kappa shape index (κ2) is 7.66. The third-order valence-corrected chi connectivity index (χ3v) is 5.00. The first kappa shape index (κ1) is 16.1. The number of amides is 1. The van der Waals surface area contributed by atoms with Gasteiger partial charge in [-0.2, -0.15) is 11.8 Å². The minimum Gasteiger partial charge on any atom is -0.483 e. The van der Waals surface area contributed by atoms with E-state index in [0.717, 1.165) is 12.8 Å². The zero-order valence-corrected chi connectivity index (χ0v) is 13.6. The molecule has 114 valence electrons. The molecule has 1 saturated carbocycles. The molecule has 1 fully saturated rings. The van der Waals surface area contributed by atoms with Crippen molar-refractivity contribution in [2.75, 3.05) is 12.9 Å². The van der Waals surface area contributed by atoms with Crippen LogP contribution >= 0.6 is 24.0 Å². The Morgan fingerprint density at radius 2 is 2.24 bits per heavy atom. The molecule has 2 atom stereocenters. The molecular formula is C15H20N2O2S2. The van der Waals surface area contributed by atoms with E-state index in [4.69, 9.17) is 22.7 Å². The fourth-order valence-corrected chi connectivity index (χ4v) is 3.66. The number of benzene rings is 1. The highest BCUT2D eigenvalue weighted by Gasteiger charge is 2.27. The van der Waals surface area contributed by atoms with Crippen LogP contribution in [0.15, 0.2) is 24.3 Å². The summed E-state index contributed by atoms with van der Waals surface area (Å²) in [4.78, 5) is 12.3. The molecule has 2 unspecified atom stereocenters. The summed E-state index contributed by atoms with van der Waals surface area (Å²) in [6.45, 7) is -0.0166. The van der Waals surface area contributed by atoms with Crippen LogP contribution in [0.3, 0.4) is 0 Å². The second-order valence-corrected chi connectivity index (χ2v) is 6.54. The lowest BCUT2D eigenvalue weighted by Crippen LogP contribution is -2.41. The largest absolute Gasteiger partial charge is 0.483 e. The van der Waals surface area contributed by atoms with Gasteiger partial charge in [0.2, 0.25) is 0 Å². The summed E-state index contributed by atoms with van der Waals surface area (Å²) in [5.41, 5.74) is 6.29. The van der Waals surface area contributed by atoms with Crippen molar-refractivity contribution >= 4 is 34.9 Å². The third kappa shape index (κ3) is 4.35. The predicted octanol–water partition coefficient (Wildman–Crippen LogP) is 2.10. The molecule has 1 aromatic rings. The zero-order valence-electron chi connectivity index (χ0n) is 12.0. The molecule has 0 saturated heterocycles. The van der Waals surface area contributed by atoms with Gasteiger partial charge < -0.3 is 15.8 Å². The normalized spacial score (nSPS) is 21.0. The van der Waals surface area contributed by atoms with E-state index in [1.807, 2.05) is 23.9 Å². The minimum absolute atomic E-state index is 0.0166. The molecule has 1 aliphatic rings. The van der Waals surface area contributed by atoms with Crippen LogP contribution in [0.4, 0.5) is 0 Å². The van der Waals surface area contributed by atoms with Crippen molar-refractivity contribution in [3.8, 4) is 5.75 Å². The fourth-order valence-electron chi connectivity index (χ4n) is 2.56. The minimum atomic E-state index is -0.0984. The average Bonchev–Trinajstić information content (AvgIpc) is 2.92. The van der Waals surface area contributed by atoms with E-state index in [-0.39, 0.29) is 23.5 Å². The third-order valence-electron chi connectivity index (χ3n) is 3.61. The first-order valence-electron chi connectivity index (χ1n) is 6.95. The molecule has 0 aliphatic heterocycles. The van der Waals surface area contributed by atoms with Gasteiger partial charge in [-0.15, -0.1) is 0 Å². The monoisotopic (exact) mass is 324 g/mol. The number of para-hydroxylation sites is 1. The summed E-state index contributed by atoms with van der Waals surface area (Å²) >= 11 is 6.78. The molecule has 21 heavy (non-hydrogen) atoms. The maximum absolute atomic E-state index is 12.0. The Bertz CT molecular complexity index is 522. The lowest BCUT2D eigenvalue weighted by Gasteiger charge is -2.19. The number of carbonyl (C=O) groups excluding carboxylic acids is 1. The number of carbonyl (C=O) groups is 1. The van der Waals surface area contributed by atoms with Crippen molar-refractivity contribution in [1.29, 1.82) is 0 Å². The molecule has 0 bridgehead atoms. The Hall–Kier alpha value is -1.27. The first-order chi connectivity index (χ1) is 10.1. The van der Waals surface area contributed by atoms with Gasteiger partial charge in [0.15, 0.2) is 6.61 Å². The highest BCUT2D eigenvalue weighted by atomic mass is 32.2. The lowest BCUT2D eigenvalue weighted by atomic mass is 10.2. The van der Waals surface area contributed by atoms with Gasteiger partial charge in [0, 0.05) is 11.3 Å². The van der Waals surface area contributed by atoms with Crippen LogP contribution in [-0.2, 0) is 4.79 Å². The van der Waals surface area contributed by atoms with Crippen LogP contribution in [0.25, 0.3) is 0 Å². The van der Waals surface area contributed by atoms with Gasteiger partial charge in [-0.05, 0) is 31.2 Å². The molecule has 3 N–H and O–H groups in total. The van der Waals surface area contributed by atoms with E-state index in [9.17, 15) is 4.79 Å². The number of nitrogens with two attached hydrogens (primary N) is 1. The van der Waals surface area contributed by atoms with Crippen LogP contribution < -0.4 is 15.8 Å².